The Kier molecular flexibility index (Phi) is 0.854. The standard InChI is InChI=1S/C7H9O3/c1-3-5(9-3)7-6(10-7)4-2-8-4/h3-7H,1-2H2. The van der Waals surface area contributed by atoms with E-state index in [2.05, 4.69) is 6.92 Å². The topological polar surface area (TPSA) is 37.6 Å². The highest BCUT2D eigenvalue weighted by molar-refractivity contribution is 5.08. The van der Waals surface area contributed by atoms with Crippen molar-refractivity contribution in [3.05, 3.63) is 6.92 Å². The van der Waals surface area contributed by atoms with E-state index < -0.39 is 0 Å². The van der Waals surface area contributed by atoms with Gasteiger partial charge in [0.15, 0.2) is 0 Å². The highest BCUT2D eigenvalue weighted by Crippen LogP contribution is 2.42. The summed E-state index contributed by atoms with van der Waals surface area (Å²) in [6, 6.07) is 0. The second-order valence-corrected chi connectivity index (χ2v) is 3.08. The molecule has 10 heavy (non-hydrogen) atoms. The summed E-state index contributed by atoms with van der Waals surface area (Å²) < 4.78 is 15.6. The van der Waals surface area contributed by atoms with Crippen LogP contribution in [-0.2, 0) is 14.2 Å². The van der Waals surface area contributed by atoms with Crippen molar-refractivity contribution in [2.45, 2.75) is 30.5 Å². The van der Waals surface area contributed by atoms with Gasteiger partial charge in [-0.1, -0.05) is 0 Å². The molecule has 3 saturated heterocycles. The van der Waals surface area contributed by atoms with E-state index in [0.717, 1.165) is 6.61 Å². The Morgan fingerprint density at radius 3 is 2.30 bits per heavy atom. The van der Waals surface area contributed by atoms with E-state index in [-0.39, 0.29) is 12.2 Å². The highest BCUT2D eigenvalue weighted by atomic mass is 16.7. The molecule has 0 aromatic carbocycles. The Bertz CT molecular complexity index is 166. The van der Waals surface area contributed by atoms with Gasteiger partial charge in [-0.15, -0.1) is 0 Å². The van der Waals surface area contributed by atoms with E-state index in [1.54, 1.807) is 0 Å². The predicted molar refractivity (Wildman–Crippen MR) is 32.4 cm³/mol. The minimum Gasteiger partial charge on any atom is -0.370 e. The Labute approximate surface area is 59.3 Å². The Morgan fingerprint density at radius 1 is 1.10 bits per heavy atom. The van der Waals surface area contributed by atoms with Crippen LogP contribution in [0.4, 0.5) is 0 Å². The van der Waals surface area contributed by atoms with Gasteiger partial charge in [-0.25, -0.2) is 0 Å². The molecule has 0 aliphatic carbocycles. The molecule has 0 N–H and O–H groups in total. The van der Waals surface area contributed by atoms with E-state index in [0.29, 0.717) is 18.3 Å². The van der Waals surface area contributed by atoms with Crippen LogP contribution in [0, 0.1) is 6.92 Å². The molecule has 1 radical (unpaired) electrons. The molecule has 0 bridgehead atoms. The van der Waals surface area contributed by atoms with Gasteiger partial charge in [0.1, 0.15) is 24.4 Å². The van der Waals surface area contributed by atoms with Crippen LogP contribution in [0.3, 0.4) is 0 Å². The van der Waals surface area contributed by atoms with Gasteiger partial charge in [0.25, 0.3) is 0 Å². The molecule has 3 aliphatic heterocycles. The van der Waals surface area contributed by atoms with Gasteiger partial charge in [-0.3, -0.25) is 0 Å². The fourth-order valence-corrected chi connectivity index (χ4v) is 1.39. The predicted octanol–water partition coefficient (Wildman–Crippen LogP) is -0.246. The van der Waals surface area contributed by atoms with Crippen molar-refractivity contribution in [1.82, 2.24) is 0 Å². The van der Waals surface area contributed by atoms with E-state index in [9.17, 15) is 0 Å². The van der Waals surface area contributed by atoms with E-state index in [1.807, 2.05) is 0 Å². The number of epoxide rings is 3. The fraction of sp³-hybridized carbons (Fsp3) is 0.857. The quantitative estimate of drug-likeness (QED) is 0.498. The van der Waals surface area contributed by atoms with Crippen molar-refractivity contribution >= 4 is 0 Å². The molecule has 3 nitrogen and oxygen atoms in total. The second-order valence-electron chi connectivity index (χ2n) is 3.08. The van der Waals surface area contributed by atoms with Crippen molar-refractivity contribution in [2.24, 2.45) is 0 Å². The summed E-state index contributed by atoms with van der Waals surface area (Å²) in [7, 11) is 0. The van der Waals surface area contributed by atoms with Crippen molar-refractivity contribution in [3.63, 3.8) is 0 Å². The average molecular weight is 141 g/mol. The summed E-state index contributed by atoms with van der Waals surface area (Å²) in [6.07, 6.45) is 1.45. The van der Waals surface area contributed by atoms with E-state index in [4.69, 9.17) is 14.2 Å². The lowest BCUT2D eigenvalue weighted by atomic mass is 10.2. The maximum Gasteiger partial charge on any atom is 0.116 e. The fourth-order valence-electron chi connectivity index (χ4n) is 1.39. The number of hydrogen-bond donors (Lipinski definition) is 0. The molecule has 5 atom stereocenters. The van der Waals surface area contributed by atoms with Gasteiger partial charge in [-0.05, 0) is 6.92 Å². The van der Waals surface area contributed by atoms with Crippen LogP contribution >= 0.6 is 0 Å². The summed E-state index contributed by atoms with van der Waals surface area (Å²) in [5.41, 5.74) is 0. The van der Waals surface area contributed by atoms with Crippen molar-refractivity contribution < 1.29 is 14.2 Å². The van der Waals surface area contributed by atoms with Crippen molar-refractivity contribution in [3.8, 4) is 0 Å². The minimum absolute atomic E-state index is 0.175. The normalized spacial score (nSPS) is 63.9. The summed E-state index contributed by atoms with van der Waals surface area (Å²) in [5, 5.41) is 0. The third-order valence-electron chi connectivity index (χ3n) is 2.23. The second kappa shape index (κ2) is 1.55. The lowest BCUT2D eigenvalue weighted by Gasteiger charge is -1.80. The van der Waals surface area contributed by atoms with E-state index in [1.165, 1.54) is 0 Å². The SMILES string of the molecule is [CH2]C1OC1C1OC1C1CO1. The van der Waals surface area contributed by atoms with Crippen LogP contribution in [0.1, 0.15) is 0 Å². The molecule has 3 rings (SSSR count). The monoisotopic (exact) mass is 141 g/mol. The third-order valence-corrected chi connectivity index (χ3v) is 2.23. The molecule has 3 fully saturated rings. The summed E-state index contributed by atoms with van der Waals surface area (Å²) in [4.78, 5) is 0. The van der Waals surface area contributed by atoms with Crippen LogP contribution in [0.15, 0.2) is 0 Å². The summed E-state index contributed by atoms with van der Waals surface area (Å²) >= 11 is 0. The van der Waals surface area contributed by atoms with Gasteiger partial charge in [0, 0.05) is 0 Å². The number of rotatable bonds is 2. The van der Waals surface area contributed by atoms with Gasteiger partial charge >= 0.3 is 0 Å². The lowest BCUT2D eigenvalue weighted by Crippen LogP contribution is -2.08. The molecular formula is C7H9O3. The molecular weight excluding hydrogens is 132 g/mol. The molecule has 0 aromatic heterocycles. The zero-order valence-electron chi connectivity index (χ0n) is 5.53. The van der Waals surface area contributed by atoms with E-state index >= 15 is 0 Å². The maximum absolute atomic E-state index is 5.35. The summed E-state index contributed by atoms with van der Waals surface area (Å²) in [6.45, 7) is 4.63. The lowest BCUT2D eigenvalue weighted by molar-refractivity contribution is 0.294. The van der Waals surface area contributed by atoms with Crippen LogP contribution < -0.4 is 0 Å². The first-order chi connectivity index (χ1) is 4.86. The molecule has 0 aromatic rings. The molecule has 0 saturated carbocycles. The zero-order chi connectivity index (χ0) is 6.72. The Morgan fingerprint density at radius 2 is 1.80 bits per heavy atom. The average Bonchev–Trinajstić information content (AvgIpc) is 2.68. The van der Waals surface area contributed by atoms with Crippen LogP contribution in [-0.4, -0.2) is 37.1 Å². The zero-order valence-corrected chi connectivity index (χ0v) is 5.53. The van der Waals surface area contributed by atoms with Crippen LogP contribution in [0.2, 0.25) is 0 Å². The molecule has 0 spiro atoms. The summed E-state index contributed by atoms with van der Waals surface area (Å²) in [5.74, 6) is 0. The maximum atomic E-state index is 5.35. The van der Waals surface area contributed by atoms with Crippen LogP contribution in [0.5, 0.6) is 0 Å². The smallest absolute Gasteiger partial charge is 0.116 e. The largest absolute Gasteiger partial charge is 0.370 e. The molecule has 3 heterocycles. The Balaban J connectivity index is 1.58. The van der Waals surface area contributed by atoms with Gasteiger partial charge < -0.3 is 14.2 Å². The highest BCUT2D eigenvalue weighted by Gasteiger charge is 2.60. The molecule has 3 aliphatic rings. The first-order valence-corrected chi connectivity index (χ1v) is 3.62. The van der Waals surface area contributed by atoms with Crippen molar-refractivity contribution in [2.75, 3.05) is 6.61 Å². The Hall–Kier alpha value is -0.120. The third kappa shape index (κ3) is 0.713. The minimum atomic E-state index is 0.175. The first-order valence-electron chi connectivity index (χ1n) is 3.62. The number of ether oxygens (including phenoxy) is 3. The van der Waals surface area contributed by atoms with Gasteiger partial charge in [0.05, 0.1) is 12.7 Å². The molecule has 3 heteroatoms. The van der Waals surface area contributed by atoms with Gasteiger partial charge in [-0.2, -0.15) is 0 Å². The van der Waals surface area contributed by atoms with Crippen LogP contribution in [0.25, 0.3) is 0 Å². The molecule has 55 valence electrons. The molecule has 5 unspecified atom stereocenters. The first kappa shape index (κ1) is 5.52. The number of hydrogen-bond acceptors (Lipinski definition) is 3. The molecule has 0 amide bonds. The van der Waals surface area contributed by atoms with Crippen molar-refractivity contribution in [1.29, 1.82) is 0 Å². The van der Waals surface area contributed by atoms with Gasteiger partial charge in [0.2, 0.25) is 0 Å².